The predicted octanol–water partition coefficient (Wildman–Crippen LogP) is 5.60. The maximum Gasteiger partial charge on any atom is 0.262 e. The number of likely N-dealkylation sites (tertiary alicyclic amines) is 1. The van der Waals surface area contributed by atoms with Crippen molar-refractivity contribution < 1.29 is 14.3 Å². The first kappa shape index (κ1) is 22.8. The maximum atomic E-state index is 12.3. The van der Waals surface area contributed by atoms with E-state index < -0.39 is 0 Å². The van der Waals surface area contributed by atoms with Gasteiger partial charge in [-0.15, -0.1) is 0 Å². The number of thiocarbonyl (C=S) groups is 1. The second kappa shape index (κ2) is 10.5. The molecule has 0 spiro atoms. The van der Waals surface area contributed by atoms with Gasteiger partial charge < -0.3 is 19.7 Å². The molecule has 0 radical (unpaired) electrons. The second-order valence-electron chi connectivity index (χ2n) is 7.14. The van der Waals surface area contributed by atoms with E-state index in [1.807, 2.05) is 25.1 Å². The summed E-state index contributed by atoms with van der Waals surface area (Å²) < 4.78 is 11.9. The highest BCUT2D eigenvalue weighted by Crippen LogP contribution is 2.37. The molecule has 8 heteroatoms. The van der Waals surface area contributed by atoms with Crippen molar-refractivity contribution in [2.45, 2.75) is 26.2 Å². The maximum absolute atomic E-state index is 12.3. The minimum absolute atomic E-state index is 0.170. The molecule has 1 fully saturated rings. The minimum Gasteiger partial charge on any atom is -0.493 e. The van der Waals surface area contributed by atoms with E-state index in [9.17, 15) is 4.79 Å². The van der Waals surface area contributed by atoms with Crippen molar-refractivity contribution in [2.24, 2.45) is 0 Å². The standard InChI is InChI=1S/C22H24BrClN2O3S/c1-14-6-7-16(12-18(14)24)25-20(27)13-29-21-17(23)10-15(11-19(21)28-2)22(30)26-8-4-3-5-9-26/h6-7,10-12H,3-5,8-9,13H2,1-2H3,(H,25,27). The lowest BCUT2D eigenvalue weighted by atomic mass is 10.1. The van der Waals surface area contributed by atoms with Gasteiger partial charge in [-0.1, -0.05) is 29.9 Å². The average Bonchev–Trinajstić information content (AvgIpc) is 2.75. The third-order valence-corrected chi connectivity index (χ3v) is 6.41. The summed E-state index contributed by atoms with van der Waals surface area (Å²) in [5, 5.41) is 3.37. The van der Waals surface area contributed by atoms with Crippen LogP contribution in [-0.2, 0) is 4.79 Å². The summed E-state index contributed by atoms with van der Waals surface area (Å²) in [7, 11) is 1.57. The van der Waals surface area contributed by atoms with Crippen molar-refractivity contribution in [1.82, 2.24) is 4.90 Å². The van der Waals surface area contributed by atoms with Gasteiger partial charge in [0.25, 0.3) is 5.91 Å². The van der Waals surface area contributed by atoms with Crippen LogP contribution in [0.25, 0.3) is 0 Å². The fourth-order valence-electron chi connectivity index (χ4n) is 3.27. The molecule has 0 aliphatic carbocycles. The van der Waals surface area contributed by atoms with Crippen LogP contribution in [0.4, 0.5) is 5.69 Å². The molecule has 1 aliphatic rings. The molecule has 0 atom stereocenters. The van der Waals surface area contributed by atoms with Crippen LogP contribution >= 0.6 is 39.7 Å². The quantitative estimate of drug-likeness (QED) is 0.512. The van der Waals surface area contributed by atoms with Crippen molar-refractivity contribution in [2.75, 3.05) is 32.1 Å². The van der Waals surface area contributed by atoms with Crippen LogP contribution in [0.15, 0.2) is 34.8 Å². The topological polar surface area (TPSA) is 50.8 Å². The Labute approximate surface area is 195 Å². The molecule has 1 heterocycles. The molecular weight excluding hydrogens is 488 g/mol. The molecule has 0 saturated carbocycles. The van der Waals surface area contributed by atoms with E-state index in [1.165, 1.54) is 6.42 Å². The fourth-order valence-corrected chi connectivity index (χ4v) is 4.31. The molecule has 1 amide bonds. The zero-order valence-electron chi connectivity index (χ0n) is 17.0. The lowest BCUT2D eigenvalue weighted by molar-refractivity contribution is -0.118. The number of methoxy groups -OCH3 is 1. The number of amides is 1. The Morgan fingerprint density at radius 3 is 2.63 bits per heavy atom. The van der Waals surface area contributed by atoms with E-state index in [4.69, 9.17) is 33.3 Å². The smallest absolute Gasteiger partial charge is 0.262 e. The number of nitrogens with zero attached hydrogens (tertiary/aromatic N) is 1. The first-order valence-corrected chi connectivity index (χ1v) is 11.3. The highest BCUT2D eigenvalue weighted by molar-refractivity contribution is 9.10. The Hall–Kier alpha value is -1.83. The number of aryl methyl sites for hydroxylation is 1. The average molecular weight is 512 g/mol. The van der Waals surface area contributed by atoms with Gasteiger partial charge in [-0.2, -0.15) is 0 Å². The first-order valence-electron chi connectivity index (χ1n) is 9.74. The molecule has 0 bridgehead atoms. The number of hydrogen-bond acceptors (Lipinski definition) is 4. The van der Waals surface area contributed by atoms with Crippen molar-refractivity contribution in [3.63, 3.8) is 0 Å². The number of carbonyl (C=O) groups excluding carboxylic acids is 1. The Balaban J connectivity index is 1.68. The van der Waals surface area contributed by atoms with Crippen LogP contribution in [0.2, 0.25) is 5.02 Å². The van der Waals surface area contributed by atoms with Crippen LogP contribution < -0.4 is 14.8 Å². The Morgan fingerprint density at radius 2 is 1.97 bits per heavy atom. The fraction of sp³-hybridized carbons (Fsp3) is 0.364. The van der Waals surface area contributed by atoms with Crippen LogP contribution in [-0.4, -0.2) is 42.6 Å². The Bertz CT molecular complexity index is 948. The summed E-state index contributed by atoms with van der Waals surface area (Å²) in [4.78, 5) is 15.3. The summed E-state index contributed by atoms with van der Waals surface area (Å²) >= 11 is 15.3. The number of benzene rings is 2. The minimum atomic E-state index is -0.295. The predicted molar refractivity (Wildman–Crippen MR) is 128 cm³/mol. The van der Waals surface area contributed by atoms with Gasteiger partial charge >= 0.3 is 0 Å². The number of halogens is 2. The summed E-state index contributed by atoms with van der Waals surface area (Å²) in [5.41, 5.74) is 2.45. The van der Waals surface area contributed by atoms with E-state index in [0.29, 0.717) is 26.7 Å². The number of ether oxygens (including phenoxy) is 2. The van der Waals surface area contributed by atoms with E-state index in [1.54, 1.807) is 19.2 Å². The molecule has 2 aromatic carbocycles. The lowest BCUT2D eigenvalue weighted by Crippen LogP contribution is -2.34. The van der Waals surface area contributed by atoms with E-state index >= 15 is 0 Å². The number of carbonyl (C=O) groups is 1. The van der Waals surface area contributed by atoms with Gasteiger partial charge in [0, 0.05) is 29.4 Å². The first-order chi connectivity index (χ1) is 14.4. The Kier molecular flexibility index (Phi) is 7.97. The number of piperidine rings is 1. The molecule has 1 N–H and O–H groups in total. The van der Waals surface area contributed by atoms with Crippen LogP contribution in [0.5, 0.6) is 11.5 Å². The van der Waals surface area contributed by atoms with Crippen molar-refractivity contribution in [3.05, 3.63) is 51.0 Å². The van der Waals surface area contributed by atoms with Gasteiger partial charge in [0.1, 0.15) is 4.99 Å². The van der Waals surface area contributed by atoms with E-state index in [0.717, 1.165) is 42.0 Å². The molecule has 3 rings (SSSR count). The Morgan fingerprint density at radius 1 is 1.23 bits per heavy atom. The monoisotopic (exact) mass is 510 g/mol. The highest BCUT2D eigenvalue weighted by Gasteiger charge is 2.19. The van der Waals surface area contributed by atoms with Gasteiger partial charge in [0.15, 0.2) is 18.1 Å². The summed E-state index contributed by atoms with van der Waals surface area (Å²) in [5.74, 6) is 0.682. The van der Waals surface area contributed by atoms with Gasteiger partial charge in [-0.05, 0) is 71.9 Å². The molecule has 30 heavy (non-hydrogen) atoms. The molecule has 1 aliphatic heterocycles. The number of hydrogen-bond donors (Lipinski definition) is 1. The molecule has 1 saturated heterocycles. The molecule has 2 aromatic rings. The molecule has 0 unspecified atom stereocenters. The molecule has 5 nitrogen and oxygen atoms in total. The SMILES string of the molecule is COc1cc(C(=S)N2CCCCC2)cc(Br)c1OCC(=O)Nc1ccc(C)c(Cl)c1. The highest BCUT2D eigenvalue weighted by atomic mass is 79.9. The van der Waals surface area contributed by atoms with E-state index in [-0.39, 0.29) is 12.5 Å². The van der Waals surface area contributed by atoms with Crippen LogP contribution in [0.3, 0.4) is 0 Å². The van der Waals surface area contributed by atoms with Crippen LogP contribution in [0, 0.1) is 6.92 Å². The normalized spacial score (nSPS) is 13.7. The largest absolute Gasteiger partial charge is 0.493 e. The zero-order valence-corrected chi connectivity index (χ0v) is 20.1. The summed E-state index contributed by atoms with van der Waals surface area (Å²) in [6.07, 6.45) is 3.55. The van der Waals surface area contributed by atoms with Gasteiger partial charge in [-0.25, -0.2) is 0 Å². The van der Waals surface area contributed by atoms with Crippen molar-refractivity contribution >= 4 is 56.3 Å². The molecule has 160 valence electrons. The number of anilines is 1. The van der Waals surface area contributed by atoms with Crippen LogP contribution in [0.1, 0.15) is 30.4 Å². The number of nitrogens with one attached hydrogen (secondary N) is 1. The van der Waals surface area contributed by atoms with Gasteiger partial charge in [0.05, 0.1) is 11.6 Å². The zero-order chi connectivity index (χ0) is 21.7. The second-order valence-corrected chi connectivity index (χ2v) is 8.79. The summed E-state index contributed by atoms with van der Waals surface area (Å²) in [6.45, 7) is 3.68. The summed E-state index contributed by atoms with van der Waals surface area (Å²) in [6, 6.07) is 9.12. The van der Waals surface area contributed by atoms with Gasteiger partial charge in [0.2, 0.25) is 0 Å². The number of rotatable bonds is 6. The third-order valence-electron chi connectivity index (χ3n) is 4.92. The van der Waals surface area contributed by atoms with E-state index in [2.05, 4.69) is 26.1 Å². The molecular formula is C22H24BrClN2O3S. The van der Waals surface area contributed by atoms with Crippen molar-refractivity contribution in [1.29, 1.82) is 0 Å². The van der Waals surface area contributed by atoms with Crippen molar-refractivity contribution in [3.8, 4) is 11.5 Å². The third kappa shape index (κ3) is 5.65. The van der Waals surface area contributed by atoms with Gasteiger partial charge in [-0.3, -0.25) is 4.79 Å². The lowest BCUT2D eigenvalue weighted by Gasteiger charge is -2.29. The molecule has 0 aromatic heterocycles.